The van der Waals surface area contributed by atoms with Crippen molar-refractivity contribution in [1.29, 1.82) is 0 Å². The summed E-state index contributed by atoms with van der Waals surface area (Å²) in [5.74, 6) is -0.272. The second-order valence-corrected chi connectivity index (χ2v) is 4.36. The molecule has 2 rings (SSSR count). The highest BCUT2D eigenvalue weighted by atomic mass is 16.1. The van der Waals surface area contributed by atoms with E-state index >= 15 is 0 Å². The first-order chi connectivity index (χ1) is 7.75. The van der Waals surface area contributed by atoms with Gasteiger partial charge in [-0.05, 0) is 37.0 Å². The van der Waals surface area contributed by atoms with Crippen LogP contribution in [0.1, 0.15) is 24.8 Å². The molecule has 1 saturated heterocycles. The number of amides is 1. The van der Waals surface area contributed by atoms with E-state index in [9.17, 15) is 4.79 Å². The van der Waals surface area contributed by atoms with Gasteiger partial charge in [0.05, 0.1) is 6.42 Å². The molecule has 0 saturated carbocycles. The second-order valence-electron chi connectivity index (χ2n) is 4.36. The number of nitrogens with zero attached hydrogens (tertiary/aromatic N) is 1. The molecule has 1 heterocycles. The average Bonchev–Trinajstić information content (AvgIpc) is 2.30. The molecule has 1 aliphatic rings. The number of anilines is 1. The fraction of sp³-hybridized carbons (Fsp3) is 0.462. The Morgan fingerprint density at radius 2 is 1.75 bits per heavy atom. The van der Waals surface area contributed by atoms with Gasteiger partial charge >= 0.3 is 0 Å². The van der Waals surface area contributed by atoms with Crippen molar-refractivity contribution in [2.75, 3.05) is 18.0 Å². The number of nitrogens with two attached hydrogens (primary N) is 1. The van der Waals surface area contributed by atoms with Crippen LogP contribution in [0.5, 0.6) is 0 Å². The van der Waals surface area contributed by atoms with Crippen molar-refractivity contribution in [2.45, 2.75) is 25.7 Å². The molecule has 1 aliphatic heterocycles. The smallest absolute Gasteiger partial charge is 0.221 e. The van der Waals surface area contributed by atoms with Gasteiger partial charge in [-0.2, -0.15) is 0 Å². The van der Waals surface area contributed by atoms with Gasteiger partial charge in [-0.3, -0.25) is 4.79 Å². The fourth-order valence-electron chi connectivity index (χ4n) is 2.18. The minimum Gasteiger partial charge on any atom is -0.372 e. The highest BCUT2D eigenvalue weighted by Gasteiger charge is 2.10. The normalized spacial score (nSPS) is 16.1. The third-order valence-electron chi connectivity index (χ3n) is 3.04. The van der Waals surface area contributed by atoms with Crippen LogP contribution in [-0.2, 0) is 11.2 Å². The number of benzene rings is 1. The number of primary amides is 1. The van der Waals surface area contributed by atoms with Gasteiger partial charge in [0.15, 0.2) is 0 Å². The van der Waals surface area contributed by atoms with Gasteiger partial charge in [0.25, 0.3) is 0 Å². The van der Waals surface area contributed by atoms with E-state index in [1.807, 2.05) is 12.1 Å². The highest BCUT2D eigenvalue weighted by Crippen LogP contribution is 2.20. The SMILES string of the molecule is NC(=O)Cc1ccc(N2CCCCC2)cc1. The molecule has 1 aromatic rings. The lowest BCUT2D eigenvalue weighted by atomic mass is 10.1. The molecule has 1 amide bonds. The van der Waals surface area contributed by atoms with Crippen molar-refractivity contribution in [3.63, 3.8) is 0 Å². The van der Waals surface area contributed by atoms with Crippen LogP contribution in [0.2, 0.25) is 0 Å². The summed E-state index contributed by atoms with van der Waals surface area (Å²) in [5.41, 5.74) is 7.41. The summed E-state index contributed by atoms with van der Waals surface area (Å²) >= 11 is 0. The van der Waals surface area contributed by atoms with Gasteiger partial charge < -0.3 is 10.6 Å². The van der Waals surface area contributed by atoms with Crippen LogP contribution in [0.15, 0.2) is 24.3 Å². The molecule has 0 aliphatic carbocycles. The Labute approximate surface area is 96.2 Å². The summed E-state index contributed by atoms with van der Waals surface area (Å²) in [6.45, 7) is 2.30. The van der Waals surface area contributed by atoms with Crippen LogP contribution in [0, 0.1) is 0 Å². The molecular formula is C13H18N2O. The maximum absolute atomic E-state index is 10.8. The van der Waals surface area contributed by atoms with E-state index in [1.54, 1.807) is 0 Å². The van der Waals surface area contributed by atoms with E-state index in [-0.39, 0.29) is 5.91 Å². The average molecular weight is 218 g/mol. The lowest BCUT2D eigenvalue weighted by Gasteiger charge is -2.28. The molecule has 1 aromatic carbocycles. The number of hydrogen-bond donors (Lipinski definition) is 1. The molecule has 0 unspecified atom stereocenters. The molecule has 2 N–H and O–H groups in total. The maximum Gasteiger partial charge on any atom is 0.221 e. The Hall–Kier alpha value is -1.51. The summed E-state index contributed by atoms with van der Waals surface area (Å²) in [6, 6.07) is 8.16. The zero-order valence-electron chi connectivity index (χ0n) is 9.48. The Balaban J connectivity index is 2.03. The zero-order chi connectivity index (χ0) is 11.4. The lowest BCUT2D eigenvalue weighted by Crippen LogP contribution is -2.29. The van der Waals surface area contributed by atoms with E-state index in [4.69, 9.17) is 5.73 Å². The van der Waals surface area contributed by atoms with Gasteiger partial charge in [0.2, 0.25) is 5.91 Å². The van der Waals surface area contributed by atoms with Crippen molar-refractivity contribution in [3.05, 3.63) is 29.8 Å². The van der Waals surface area contributed by atoms with E-state index in [0.29, 0.717) is 6.42 Å². The predicted molar refractivity (Wildman–Crippen MR) is 65.4 cm³/mol. The van der Waals surface area contributed by atoms with Crippen LogP contribution in [0.25, 0.3) is 0 Å². The topological polar surface area (TPSA) is 46.3 Å². The Kier molecular flexibility index (Phi) is 3.44. The molecule has 0 bridgehead atoms. The molecule has 0 radical (unpaired) electrons. The Bertz CT molecular complexity index is 353. The summed E-state index contributed by atoms with van der Waals surface area (Å²) in [4.78, 5) is 13.2. The van der Waals surface area contributed by atoms with Gasteiger partial charge in [0.1, 0.15) is 0 Å². The second kappa shape index (κ2) is 5.01. The van der Waals surface area contributed by atoms with Crippen molar-refractivity contribution in [3.8, 4) is 0 Å². The third-order valence-corrected chi connectivity index (χ3v) is 3.04. The highest BCUT2D eigenvalue weighted by molar-refractivity contribution is 5.76. The predicted octanol–water partition coefficient (Wildman–Crippen LogP) is 1.70. The van der Waals surface area contributed by atoms with Crippen LogP contribution in [-0.4, -0.2) is 19.0 Å². The number of rotatable bonds is 3. The fourth-order valence-corrected chi connectivity index (χ4v) is 2.18. The first kappa shape index (κ1) is 11.0. The van der Waals surface area contributed by atoms with Crippen molar-refractivity contribution in [1.82, 2.24) is 0 Å². The molecular weight excluding hydrogens is 200 g/mol. The van der Waals surface area contributed by atoms with Crippen LogP contribution >= 0.6 is 0 Å². The maximum atomic E-state index is 10.8. The summed E-state index contributed by atoms with van der Waals surface area (Å²) in [6.07, 6.45) is 4.24. The van der Waals surface area contributed by atoms with Crippen molar-refractivity contribution >= 4 is 11.6 Å². The van der Waals surface area contributed by atoms with E-state index in [1.165, 1.54) is 24.9 Å². The number of piperidine rings is 1. The molecule has 0 aromatic heterocycles. The van der Waals surface area contributed by atoms with E-state index < -0.39 is 0 Å². The summed E-state index contributed by atoms with van der Waals surface area (Å²) in [5, 5.41) is 0. The van der Waals surface area contributed by atoms with Crippen LogP contribution < -0.4 is 10.6 Å². The van der Waals surface area contributed by atoms with Crippen LogP contribution in [0.3, 0.4) is 0 Å². The lowest BCUT2D eigenvalue weighted by molar-refractivity contribution is -0.117. The molecule has 0 atom stereocenters. The quantitative estimate of drug-likeness (QED) is 0.839. The van der Waals surface area contributed by atoms with E-state index in [0.717, 1.165) is 18.7 Å². The van der Waals surface area contributed by atoms with Gasteiger partial charge in [0, 0.05) is 18.8 Å². The largest absolute Gasteiger partial charge is 0.372 e. The first-order valence-electron chi connectivity index (χ1n) is 5.88. The zero-order valence-corrected chi connectivity index (χ0v) is 9.48. The van der Waals surface area contributed by atoms with Gasteiger partial charge in [-0.25, -0.2) is 0 Å². The van der Waals surface area contributed by atoms with Gasteiger partial charge in [-0.1, -0.05) is 12.1 Å². The van der Waals surface area contributed by atoms with Crippen LogP contribution in [0.4, 0.5) is 5.69 Å². The molecule has 86 valence electrons. The summed E-state index contributed by atoms with van der Waals surface area (Å²) in [7, 11) is 0. The van der Waals surface area contributed by atoms with Crippen molar-refractivity contribution in [2.24, 2.45) is 5.73 Å². The van der Waals surface area contributed by atoms with Gasteiger partial charge in [-0.15, -0.1) is 0 Å². The number of hydrogen-bond acceptors (Lipinski definition) is 2. The summed E-state index contributed by atoms with van der Waals surface area (Å²) < 4.78 is 0. The molecule has 0 spiro atoms. The van der Waals surface area contributed by atoms with Crippen molar-refractivity contribution < 1.29 is 4.79 Å². The molecule has 16 heavy (non-hydrogen) atoms. The monoisotopic (exact) mass is 218 g/mol. The minimum atomic E-state index is -0.272. The van der Waals surface area contributed by atoms with E-state index in [2.05, 4.69) is 17.0 Å². The first-order valence-corrected chi connectivity index (χ1v) is 5.88. The third kappa shape index (κ3) is 2.75. The number of carbonyl (C=O) groups excluding carboxylic acids is 1. The molecule has 3 heteroatoms. The number of carbonyl (C=O) groups is 1. The minimum absolute atomic E-state index is 0.272. The Morgan fingerprint density at radius 3 is 2.31 bits per heavy atom. The molecule has 1 fully saturated rings. The Morgan fingerprint density at radius 1 is 1.12 bits per heavy atom. The molecule has 3 nitrogen and oxygen atoms in total. The standard InChI is InChI=1S/C13H18N2O/c14-13(16)10-11-4-6-12(7-5-11)15-8-2-1-3-9-15/h4-7H,1-3,8-10H2,(H2,14,16).